The van der Waals surface area contributed by atoms with E-state index in [1.165, 1.54) is 22.3 Å². The quantitative estimate of drug-likeness (QED) is 0.622. The molecule has 0 bridgehead atoms. The Kier molecular flexibility index (Phi) is 3.34. The van der Waals surface area contributed by atoms with Crippen LogP contribution in [0.2, 0.25) is 3.97 Å². The summed E-state index contributed by atoms with van der Waals surface area (Å²) in [5.41, 5.74) is 5.55. The maximum atomic E-state index is 6.23. The Hall–Kier alpha value is 0.696. The van der Waals surface area contributed by atoms with Crippen LogP contribution in [0.25, 0.3) is 0 Å². The molecule has 3 heteroatoms. The van der Waals surface area contributed by atoms with E-state index in [0.717, 1.165) is 0 Å². The Morgan fingerprint density at radius 1 is 0.923 bits per heavy atom. The van der Waals surface area contributed by atoms with E-state index in [-0.39, 0.29) is 3.97 Å². The van der Waals surface area contributed by atoms with Crippen LogP contribution in [0.4, 0.5) is 0 Å². The zero-order valence-corrected chi connectivity index (χ0v) is 12.8. The fourth-order valence-corrected chi connectivity index (χ4v) is 7.63. The first-order valence-corrected chi connectivity index (χ1v) is 12.1. The molecule has 0 aromatic rings. The van der Waals surface area contributed by atoms with Crippen LogP contribution in [0, 0.1) is 0 Å². The molecule has 0 fully saturated rings. The van der Waals surface area contributed by atoms with E-state index < -0.39 is 14.2 Å². The van der Waals surface area contributed by atoms with E-state index in [2.05, 4.69) is 34.6 Å². The van der Waals surface area contributed by atoms with Gasteiger partial charge >= 0.3 is 94.4 Å². The van der Waals surface area contributed by atoms with E-state index >= 15 is 0 Å². The summed E-state index contributed by atoms with van der Waals surface area (Å²) in [5.74, 6) is 0. The zero-order chi connectivity index (χ0) is 10.4. The molecule has 1 aliphatic rings. The fourth-order valence-electron chi connectivity index (χ4n) is 1.95. The van der Waals surface area contributed by atoms with Gasteiger partial charge in [0.25, 0.3) is 0 Å². The predicted octanol–water partition coefficient (Wildman–Crippen LogP) is 4.40. The first kappa shape index (κ1) is 11.8. The monoisotopic (exact) mass is 274 g/mol. The molecule has 13 heavy (non-hydrogen) atoms. The number of rotatable bonds is 1. The third-order valence-electron chi connectivity index (χ3n) is 3.68. The topological polar surface area (TPSA) is 0 Å². The molecule has 0 radical (unpaired) electrons. The minimum absolute atomic E-state index is 0.0320. The van der Waals surface area contributed by atoms with E-state index in [1.807, 2.05) is 0 Å². The SMILES string of the molecule is CC1=C(C)[C](C)([Ga]([Cl])[Cl])C(C)=C1C. The van der Waals surface area contributed by atoms with Gasteiger partial charge in [0.15, 0.2) is 0 Å². The number of allylic oxidation sites excluding steroid dienone is 4. The summed E-state index contributed by atoms with van der Waals surface area (Å²) >= 11 is -2.17. The van der Waals surface area contributed by atoms with E-state index in [1.54, 1.807) is 0 Å². The summed E-state index contributed by atoms with van der Waals surface area (Å²) in [6.45, 7) is 10.9. The Balaban J connectivity index is 3.31. The Labute approximate surface area is 94.1 Å². The average molecular weight is 276 g/mol. The van der Waals surface area contributed by atoms with Gasteiger partial charge in [-0.2, -0.15) is 0 Å². The summed E-state index contributed by atoms with van der Waals surface area (Å²) in [7, 11) is 12.5. The molecule has 0 N–H and O–H groups in total. The van der Waals surface area contributed by atoms with Crippen molar-refractivity contribution in [2.24, 2.45) is 0 Å². The van der Waals surface area contributed by atoms with Gasteiger partial charge < -0.3 is 0 Å². The number of halogens is 2. The number of hydrogen-bond acceptors (Lipinski definition) is 0. The third-order valence-corrected chi connectivity index (χ3v) is 11.9. The molecule has 0 heterocycles. The van der Waals surface area contributed by atoms with Crippen molar-refractivity contribution in [1.82, 2.24) is 0 Å². The predicted molar refractivity (Wildman–Crippen MR) is 62.6 cm³/mol. The van der Waals surface area contributed by atoms with Gasteiger partial charge in [-0.15, -0.1) is 0 Å². The van der Waals surface area contributed by atoms with Crippen LogP contribution in [0.1, 0.15) is 34.6 Å². The van der Waals surface area contributed by atoms with Crippen molar-refractivity contribution in [3.63, 3.8) is 0 Å². The molecule has 0 aromatic carbocycles. The van der Waals surface area contributed by atoms with Crippen LogP contribution in [0.15, 0.2) is 22.3 Å². The van der Waals surface area contributed by atoms with Crippen molar-refractivity contribution < 1.29 is 0 Å². The second-order valence-corrected chi connectivity index (χ2v) is 13.4. The molecule has 72 valence electrons. The first-order chi connectivity index (χ1) is 5.83. The van der Waals surface area contributed by atoms with Crippen molar-refractivity contribution in [3.05, 3.63) is 22.3 Å². The van der Waals surface area contributed by atoms with Crippen LogP contribution in [-0.4, -0.2) is 14.2 Å². The van der Waals surface area contributed by atoms with Gasteiger partial charge in [0.05, 0.1) is 0 Å². The summed E-state index contributed by atoms with van der Waals surface area (Å²) in [6, 6.07) is 0. The Morgan fingerprint density at radius 2 is 1.23 bits per heavy atom. The molecule has 0 saturated carbocycles. The molecule has 0 saturated heterocycles. The van der Waals surface area contributed by atoms with Crippen molar-refractivity contribution in [2.75, 3.05) is 0 Å². The van der Waals surface area contributed by atoms with E-state index in [4.69, 9.17) is 19.3 Å². The van der Waals surface area contributed by atoms with Crippen LogP contribution in [-0.2, 0) is 0 Å². The normalized spacial score (nSPS) is 21.5. The molecular formula is C10H15Cl2Ga. The molecule has 0 atom stereocenters. The third kappa shape index (κ3) is 1.54. The van der Waals surface area contributed by atoms with E-state index in [9.17, 15) is 0 Å². The fraction of sp³-hybridized carbons (Fsp3) is 0.600. The average Bonchev–Trinajstić information content (AvgIpc) is 2.22. The molecule has 0 aliphatic heterocycles. The summed E-state index contributed by atoms with van der Waals surface area (Å²) < 4.78 is 0.0320. The van der Waals surface area contributed by atoms with Gasteiger partial charge in [0, 0.05) is 0 Å². The van der Waals surface area contributed by atoms with Crippen molar-refractivity contribution in [1.29, 1.82) is 0 Å². The Morgan fingerprint density at radius 3 is 1.38 bits per heavy atom. The maximum absolute atomic E-state index is 6.23. The summed E-state index contributed by atoms with van der Waals surface area (Å²) in [5, 5.41) is 0. The van der Waals surface area contributed by atoms with Crippen LogP contribution in [0.5, 0.6) is 0 Å². The van der Waals surface area contributed by atoms with Crippen molar-refractivity contribution in [3.8, 4) is 0 Å². The first-order valence-electron chi connectivity index (χ1n) is 4.48. The number of hydrogen-bond donors (Lipinski definition) is 0. The second-order valence-electron chi connectivity index (χ2n) is 4.00. The molecule has 1 rings (SSSR count). The van der Waals surface area contributed by atoms with Crippen LogP contribution in [0.3, 0.4) is 0 Å². The van der Waals surface area contributed by atoms with Gasteiger partial charge in [-0.3, -0.25) is 0 Å². The van der Waals surface area contributed by atoms with Gasteiger partial charge in [0.2, 0.25) is 0 Å². The zero-order valence-electron chi connectivity index (χ0n) is 8.83. The van der Waals surface area contributed by atoms with Crippen LogP contribution < -0.4 is 0 Å². The van der Waals surface area contributed by atoms with Crippen molar-refractivity contribution in [2.45, 2.75) is 38.6 Å². The summed E-state index contributed by atoms with van der Waals surface area (Å²) in [6.07, 6.45) is 0. The molecule has 1 aliphatic carbocycles. The molecule has 0 aromatic heterocycles. The van der Waals surface area contributed by atoms with Gasteiger partial charge in [-0.25, -0.2) is 0 Å². The summed E-state index contributed by atoms with van der Waals surface area (Å²) in [4.78, 5) is 0. The van der Waals surface area contributed by atoms with Crippen LogP contribution >= 0.6 is 19.3 Å². The van der Waals surface area contributed by atoms with Gasteiger partial charge in [0.1, 0.15) is 0 Å². The molecule has 0 nitrogen and oxygen atoms in total. The molecule has 0 unspecified atom stereocenters. The molecule has 0 spiro atoms. The molecular weight excluding hydrogens is 261 g/mol. The van der Waals surface area contributed by atoms with Gasteiger partial charge in [-0.1, -0.05) is 0 Å². The second kappa shape index (κ2) is 3.69. The molecule has 0 amide bonds. The van der Waals surface area contributed by atoms with Gasteiger partial charge in [-0.05, 0) is 0 Å². The van der Waals surface area contributed by atoms with Crippen molar-refractivity contribution >= 4 is 33.5 Å². The Bertz CT molecular complexity index is 276. The van der Waals surface area contributed by atoms with E-state index in [0.29, 0.717) is 0 Å². The standard InChI is InChI=1S/C10H15.2ClH.Ga/c1-6-7(2)9(4)10(5)8(6)3;;;/h1-5H3;2*1H;/q;;;+2/p-2. The minimum atomic E-state index is -2.17.